The Morgan fingerprint density at radius 1 is 1.28 bits per heavy atom. The second-order valence-corrected chi connectivity index (χ2v) is 8.44. The average Bonchev–Trinajstić information content (AvgIpc) is 3.29. The summed E-state index contributed by atoms with van der Waals surface area (Å²) in [5.41, 5.74) is 1.55. The smallest absolute Gasteiger partial charge is 0.338 e. The van der Waals surface area contributed by atoms with Crippen molar-refractivity contribution < 1.29 is 22.5 Å². The van der Waals surface area contributed by atoms with Gasteiger partial charge in [-0.1, -0.05) is 34.4 Å². The van der Waals surface area contributed by atoms with Gasteiger partial charge in [-0.25, -0.2) is 0 Å². The third-order valence-corrected chi connectivity index (χ3v) is 6.29. The molecule has 0 N–H and O–H groups in total. The monoisotopic (exact) mass is 461 g/mol. The number of halogens is 5. The second kappa shape index (κ2) is 7.62. The van der Waals surface area contributed by atoms with E-state index in [4.69, 9.17) is 23.2 Å². The lowest BCUT2D eigenvalue weighted by molar-refractivity contribution is -0.159. The lowest BCUT2D eigenvalue weighted by Crippen LogP contribution is -2.36. The Bertz CT molecular complexity index is 1080. The standard InChI is InChI=1S/C18H12Cl2F3N3O2S/c19-11-2-1-9(12(20)7-11)6-15(27)26-4-3-13-10(8-26)5-14(29-13)16-24-17(28-25-16)18(21,22)23/h1-2,5,7H,3-4,6,8H2. The molecule has 0 saturated carbocycles. The van der Waals surface area contributed by atoms with E-state index in [1.807, 2.05) is 0 Å². The molecular formula is C18H12Cl2F3N3O2S. The average molecular weight is 462 g/mol. The van der Waals surface area contributed by atoms with Crippen LogP contribution in [0.3, 0.4) is 0 Å². The zero-order valence-corrected chi connectivity index (χ0v) is 16.9. The highest BCUT2D eigenvalue weighted by atomic mass is 35.5. The van der Waals surface area contributed by atoms with Crippen molar-refractivity contribution in [3.8, 4) is 10.7 Å². The number of carbonyl (C=O) groups excluding carboxylic acids is 1. The summed E-state index contributed by atoms with van der Waals surface area (Å²) in [5.74, 6) is -1.58. The van der Waals surface area contributed by atoms with Crippen LogP contribution in [-0.4, -0.2) is 27.5 Å². The summed E-state index contributed by atoms with van der Waals surface area (Å²) >= 11 is 13.3. The van der Waals surface area contributed by atoms with Crippen molar-refractivity contribution in [2.75, 3.05) is 6.54 Å². The normalized spacial score (nSPS) is 14.2. The molecule has 1 aromatic carbocycles. The van der Waals surface area contributed by atoms with Gasteiger partial charge in [-0.05, 0) is 35.7 Å². The van der Waals surface area contributed by atoms with Crippen LogP contribution in [0.2, 0.25) is 10.0 Å². The fraction of sp³-hybridized carbons (Fsp3) is 0.278. The minimum absolute atomic E-state index is 0.0912. The van der Waals surface area contributed by atoms with E-state index in [1.54, 1.807) is 29.2 Å². The number of aromatic nitrogens is 2. The van der Waals surface area contributed by atoms with Gasteiger partial charge in [-0.15, -0.1) is 11.3 Å². The molecule has 5 nitrogen and oxygen atoms in total. The third kappa shape index (κ3) is 4.26. The number of amides is 1. The minimum Gasteiger partial charge on any atom is -0.338 e. The van der Waals surface area contributed by atoms with E-state index in [0.29, 0.717) is 40.0 Å². The Kier molecular flexibility index (Phi) is 5.30. The topological polar surface area (TPSA) is 59.2 Å². The van der Waals surface area contributed by atoms with Crippen molar-refractivity contribution in [3.63, 3.8) is 0 Å². The van der Waals surface area contributed by atoms with Crippen LogP contribution in [0.25, 0.3) is 10.7 Å². The zero-order chi connectivity index (χ0) is 20.8. The number of alkyl halides is 3. The first-order chi connectivity index (χ1) is 13.7. The van der Waals surface area contributed by atoms with Gasteiger partial charge in [0.25, 0.3) is 0 Å². The summed E-state index contributed by atoms with van der Waals surface area (Å²) in [5, 5.41) is 4.35. The second-order valence-electron chi connectivity index (χ2n) is 6.46. The van der Waals surface area contributed by atoms with E-state index in [-0.39, 0.29) is 18.2 Å². The highest BCUT2D eigenvalue weighted by Crippen LogP contribution is 2.35. The molecule has 4 rings (SSSR count). The van der Waals surface area contributed by atoms with Gasteiger partial charge < -0.3 is 9.42 Å². The van der Waals surface area contributed by atoms with Crippen LogP contribution in [0, 0.1) is 0 Å². The van der Waals surface area contributed by atoms with E-state index in [1.165, 1.54) is 11.3 Å². The molecule has 1 amide bonds. The van der Waals surface area contributed by atoms with Crippen molar-refractivity contribution in [1.29, 1.82) is 0 Å². The molecule has 0 fully saturated rings. The largest absolute Gasteiger partial charge is 0.471 e. The van der Waals surface area contributed by atoms with Crippen molar-refractivity contribution in [2.45, 2.75) is 25.6 Å². The van der Waals surface area contributed by atoms with E-state index >= 15 is 0 Å². The maximum absolute atomic E-state index is 12.7. The molecule has 0 atom stereocenters. The molecule has 2 aromatic heterocycles. The predicted octanol–water partition coefficient (Wildman–Crippen LogP) is 5.25. The Morgan fingerprint density at radius 2 is 2.07 bits per heavy atom. The summed E-state index contributed by atoms with van der Waals surface area (Å²) in [6, 6.07) is 6.69. The van der Waals surface area contributed by atoms with Gasteiger partial charge in [0, 0.05) is 28.0 Å². The van der Waals surface area contributed by atoms with Crippen molar-refractivity contribution in [3.05, 3.63) is 56.2 Å². The molecule has 0 spiro atoms. The lowest BCUT2D eigenvalue weighted by atomic mass is 10.1. The first kappa shape index (κ1) is 20.2. The van der Waals surface area contributed by atoms with Crippen LogP contribution in [-0.2, 0) is 30.4 Å². The first-order valence-corrected chi connectivity index (χ1v) is 10.0. The summed E-state index contributed by atoms with van der Waals surface area (Å²) in [7, 11) is 0. The SMILES string of the molecule is O=C(Cc1ccc(Cl)cc1Cl)N1CCc2sc(-c3noc(C(F)(F)F)n3)cc2C1. The maximum atomic E-state index is 12.7. The number of rotatable bonds is 3. The molecule has 3 heterocycles. The van der Waals surface area contributed by atoms with Gasteiger partial charge in [0.2, 0.25) is 11.7 Å². The third-order valence-electron chi connectivity index (χ3n) is 4.47. The van der Waals surface area contributed by atoms with Crippen LogP contribution >= 0.6 is 34.5 Å². The van der Waals surface area contributed by atoms with Crippen molar-refractivity contribution >= 4 is 40.4 Å². The summed E-state index contributed by atoms with van der Waals surface area (Å²) in [6.07, 6.45) is -3.94. The Morgan fingerprint density at radius 3 is 2.76 bits per heavy atom. The fourth-order valence-electron chi connectivity index (χ4n) is 3.03. The molecule has 1 aliphatic rings. The number of hydrogen-bond donors (Lipinski definition) is 0. The molecule has 11 heteroatoms. The minimum atomic E-state index is -4.69. The molecule has 0 unspecified atom stereocenters. The summed E-state index contributed by atoms with van der Waals surface area (Å²) < 4.78 is 42.3. The van der Waals surface area contributed by atoms with Gasteiger partial charge in [-0.3, -0.25) is 4.79 Å². The first-order valence-electron chi connectivity index (χ1n) is 8.45. The molecule has 29 heavy (non-hydrogen) atoms. The van der Waals surface area contributed by atoms with Gasteiger partial charge in [0.05, 0.1) is 11.3 Å². The number of benzene rings is 1. The molecular weight excluding hydrogens is 450 g/mol. The predicted molar refractivity (Wildman–Crippen MR) is 102 cm³/mol. The highest BCUT2D eigenvalue weighted by Gasteiger charge is 2.38. The van der Waals surface area contributed by atoms with Gasteiger partial charge in [-0.2, -0.15) is 18.2 Å². The van der Waals surface area contributed by atoms with Crippen LogP contribution in [0.4, 0.5) is 13.2 Å². The Hall–Kier alpha value is -2.10. The van der Waals surface area contributed by atoms with E-state index in [9.17, 15) is 18.0 Å². The molecule has 1 aliphatic heterocycles. The van der Waals surface area contributed by atoms with Crippen LogP contribution in [0.5, 0.6) is 0 Å². The number of fused-ring (bicyclic) bond motifs is 1. The summed E-state index contributed by atoms with van der Waals surface area (Å²) in [6.45, 7) is 0.872. The van der Waals surface area contributed by atoms with Crippen molar-refractivity contribution in [1.82, 2.24) is 15.0 Å². The molecule has 3 aromatic rings. The number of hydrogen-bond acceptors (Lipinski definition) is 5. The van der Waals surface area contributed by atoms with Crippen LogP contribution in [0.15, 0.2) is 28.8 Å². The van der Waals surface area contributed by atoms with Gasteiger partial charge in [0.1, 0.15) is 0 Å². The van der Waals surface area contributed by atoms with Crippen LogP contribution in [0.1, 0.15) is 21.9 Å². The quantitative estimate of drug-likeness (QED) is 0.534. The lowest BCUT2D eigenvalue weighted by Gasteiger charge is -2.27. The molecule has 0 radical (unpaired) electrons. The fourth-order valence-corrected chi connectivity index (χ4v) is 4.60. The molecule has 152 valence electrons. The Balaban J connectivity index is 1.49. The van der Waals surface area contributed by atoms with Crippen molar-refractivity contribution in [2.24, 2.45) is 0 Å². The van der Waals surface area contributed by atoms with Crippen LogP contribution < -0.4 is 0 Å². The molecule has 0 bridgehead atoms. The summed E-state index contributed by atoms with van der Waals surface area (Å²) in [4.78, 5) is 19.3. The zero-order valence-electron chi connectivity index (χ0n) is 14.6. The highest BCUT2D eigenvalue weighted by molar-refractivity contribution is 7.15. The number of thiophene rings is 1. The van der Waals surface area contributed by atoms with E-state index < -0.39 is 12.1 Å². The maximum Gasteiger partial charge on any atom is 0.471 e. The molecule has 0 saturated heterocycles. The number of carbonyl (C=O) groups is 1. The van der Waals surface area contributed by atoms with Gasteiger partial charge >= 0.3 is 12.1 Å². The van der Waals surface area contributed by atoms with E-state index in [2.05, 4.69) is 14.7 Å². The van der Waals surface area contributed by atoms with E-state index in [0.717, 1.165) is 10.4 Å². The van der Waals surface area contributed by atoms with Gasteiger partial charge in [0.15, 0.2) is 0 Å². The number of nitrogens with zero attached hydrogens (tertiary/aromatic N) is 3. The molecule has 0 aliphatic carbocycles. The Labute approximate surface area is 177 Å².